The summed E-state index contributed by atoms with van der Waals surface area (Å²) in [4.78, 5) is 25.4. The van der Waals surface area contributed by atoms with Gasteiger partial charge in [-0.1, -0.05) is 12.8 Å². The molecule has 0 aromatic rings. The van der Waals surface area contributed by atoms with Gasteiger partial charge < -0.3 is 15.7 Å². The smallest absolute Gasteiger partial charge is 0.326 e. The Bertz CT molecular complexity index is 357. The van der Waals surface area contributed by atoms with Crippen molar-refractivity contribution in [1.29, 1.82) is 0 Å². The molecule has 1 aliphatic carbocycles. The first-order valence-electron chi connectivity index (χ1n) is 7.30. The molecular formula is C14H24N2O3. The van der Waals surface area contributed by atoms with E-state index in [-0.39, 0.29) is 18.0 Å². The van der Waals surface area contributed by atoms with Crippen LogP contribution in [-0.4, -0.2) is 40.0 Å². The molecule has 1 saturated carbocycles. The number of rotatable bonds is 4. The molecule has 4 unspecified atom stereocenters. The van der Waals surface area contributed by atoms with Gasteiger partial charge in [0.25, 0.3) is 0 Å². The molecule has 108 valence electrons. The molecule has 1 amide bonds. The number of aliphatic carboxylic acids is 1. The third-order valence-electron chi connectivity index (χ3n) is 4.47. The molecule has 4 atom stereocenters. The van der Waals surface area contributed by atoms with Gasteiger partial charge in [0.15, 0.2) is 0 Å². The largest absolute Gasteiger partial charge is 0.480 e. The summed E-state index contributed by atoms with van der Waals surface area (Å²) in [6, 6.07) is -0.485. The standard InChI is InChI=1S/C14H24N2O3/c1-9(15)6-7-13(17)16-11-5-3-2-4-10(11)8-12(16)14(18)19/h9-12H,2-8,15H2,1H3,(H,18,19). The second-order valence-corrected chi connectivity index (χ2v) is 6.02. The molecule has 0 aromatic carbocycles. The van der Waals surface area contributed by atoms with Gasteiger partial charge in [-0.05, 0) is 38.5 Å². The van der Waals surface area contributed by atoms with Gasteiger partial charge in [-0.2, -0.15) is 0 Å². The zero-order valence-corrected chi connectivity index (χ0v) is 11.5. The lowest BCUT2D eigenvalue weighted by atomic mass is 9.84. The molecular weight excluding hydrogens is 244 g/mol. The van der Waals surface area contributed by atoms with Gasteiger partial charge in [0, 0.05) is 18.5 Å². The van der Waals surface area contributed by atoms with Crippen molar-refractivity contribution in [2.75, 3.05) is 0 Å². The third-order valence-corrected chi connectivity index (χ3v) is 4.47. The van der Waals surface area contributed by atoms with Gasteiger partial charge in [-0.15, -0.1) is 0 Å². The average Bonchev–Trinajstić information content (AvgIpc) is 2.75. The number of carbonyl (C=O) groups is 2. The Morgan fingerprint density at radius 2 is 2.05 bits per heavy atom. The van der Waals surface area contributed by atoms with Crippen molar-refractivity contribution in [3.63, 3.8) is 0 Å². The van der Waals surface area contributed by atoms with Crippen LogP contribution in [0.2, 0.25) is 0 Å². The molecule has 1 saturated heterocycles. The van der Waals surface area contributed by atoms with Crippen LogP contribution in [0, 0.1) is 5.92 Å². The molecule has 3 N–H and O–H groups in total. The van der Waals surface area contributed by atoms with Gasteiger partial charge in [-0.25, -0.2) is 4.79 Å². The van der Waals surface area contributed by atoms with Gasteiger partial charge in [-0.3, -0.25) is 4.79 Å². The Kier molecular flexibility index (Phi) is 4.45. The predicted octanol–water partition coefficient (Wildman–Crippen LogP) is 1.36. The van der Waals surface area contributed by atoms with E-state index in [0.29, 0.717) is 25.2 Å². The number of likely N-dealkylation sites (tertiary alicyclic amines) is 1. The number of carboxylic acid groups (broad SMARTS) is 1. The molecule has 19 heavy (non-hydrogen) atoms. The fourth-order valence-electron chi connectivity index (χ4n) is 3.52. The van der Waals surface area contributed by atoms with Crippen molar-refractivity contribution in [3.05, 3.63) is 0 Å². The van der Waals surface area contributed by atoms with E-state index in [1.807, 2.05) is 6.92 Å². The van der Waals surface area contributed by atoms with Crippen molar-refractivity contribution in [2.24, 2.45) is 11.7 Å². The normalized spacial score (nSPS) is 31.9. The minimum Gasteiger partial charge on any atom is -0.480 e. The zero-order valence-electron chi connectivity index (χ0n) is 11.5. The topological polar surface area (TPSA) is 83.6 Å². The molecule has 5 heteroatoms. The van der Waals surface area contributed by atoms with Crippen molar-refractivity contribution in [3.8, 4) is 0 Å². The van der Waals surface area contributed by atoms with E-state index in [4.69, 9.17) is 5.73 Å². The van der Waals surface area contributed by atoms with Crippen LogP contribution in [0.1, 0.15) is 51.9 Å². The van der Waals surface area contributed by atoms with Crippen LogP contribution in [-0.2, 0) is 9.59 Å². The lowest BCUT2D eigenvalue weighted by Crippen LogP contribution is -2.46. The predicted molar refractivity (Wildman–Crippen MR) is 71.5 cm³/mol. The fraction of sp³-hybridized carbons (Fsp3) is 0.857. The summed E-state index contributed by atoms with van der Waals surface area (Å²) < 4.78 is 0. The SMILES string of the molecule is CC(N)CCC(=O)N1C(C(=O)O)CC2CCCCC21. The van der Waals surface area contributed by atoms with Crippen LogP contribution < -0.4 is 5.73 Å². The lowest BCUT2D eigenvalue weighted by molar-refractivity contribution is -0.150. The minimum atomic E-state index is -0.858. The third kappa shape index (κ3) is 3.08. The number of carbonyl (C=O) groups excluding carboxylic acids is 1. The second kappa shape index (κ2) is 5.90. The van der Waals surface area contributed by atoms with Crippen LogP contribution in [0.15, 0.2) is 0 Å². The van der Waals surface area contributed by atoms with Gasteiger partial charge in [0.05, 0.1) is 0 Å². The number of nitrogens with zero attached hydrogens (tertiary/aromatic N) is 1. The van der Waals surface area contributed by atoms with Gasteiger partial charge >= 0.3 is 5.97 Å². The summed E-state index contributed by atoms with van der Waals surface area (Å²) >= 11 is 0. The number of hydrogen-bond acceptors (Lipinski definition) is 3. The van der Waals surface area contributed by atoms with E-state index in [0.717, 1.165) is 25.7 Å². The highest BCUT2D eigenvalue weighted by atomic mass is 16.4. The lowest BCUT2D eigenvalue weighted by Gasteiger charge is -2.33. The molecule has 1 heterocycles. The Morgan fingerprint density at radius 1 is 1.37 bits per heavy atom. The van der Waals surface area contributed by atoms with E-state index in [1.165, 1.54) is 0 Å². The average molecular weight is 268 g/mol. The van der Waals surface area contributed by atoms with Crippen molar-refractivity contribution in [2.45, 2.75) is 70.0 Å². The maximum Gasteiger partial charge on any atom is 0.326 e. The number of carboxylic acids is 1. The summed E-state index contributed by atoms with van der Waals surface area (Å²) in [5.41, 5.74) is 5.68. The maximum atomic E-state index is 12.3. The number of nitrogens with two attached hydrogens (primary N) is 1. The summed E-state index contributed by atoms with van der Waals surface area (Å²) in [7, 11) is 0. The molecule has 2 aliphatic rings. The van der Waals surface area contributed by atoms with Crippen LogP contribution in [0.3, 0.4) is 0 Å². The first-order chi connectivity index (χ1) is 9.00. The fourth-order valence-corrected chi connectivity index (χ4v) is 3.52. The van der Waals surface area contributed by atoms with E-state index in [1.54, 1.807) is 4.90 Å². The van der Waals surface area contributed by atoms with Crippen LogP contribution in [0.4, 0.5) is 0 Å². The second-order valence-electron chi connectivity index (χ2n) is 6.02. The number of fused-ring (bicyclic) bond motifs is 1. The Morgan fingerprint density at radius 3 is 2.68 bits per heavy atom. The van der Waals surface area contributed by atoms with E-state index >= 15 is 0 Å². The maximum absolute atomic E-state index is 12.3. The molecule has 0 spiro atoms. The van der Waals surface area contributed by atoms with Crippen molar-refractivity contribution in [1.82, 2.24) is 4.90 Å². The van der Waals surface area contributed by atoms with E-state index < -0.39 is 12.0 Å². The molecule has 2 fully saturated rings. The van der Waals surface area contributed by atoms with Crippen LogP contribution >= 0.6 is 0 Å². The molecule has 5 nitrogen and oxygen atoms in total. The first-order valence-corrected chi connectivity index (χ1v) is 7.30. The van der Waals surface area contributed by atoms with E-state index in [2.05, 4.69) is 0 Å². The quantitative estimate of drug-likeness (QED) is 0.806. The molecule has 2 rings (SSSR count). The van der Waals surface area contributed by atoms with E-state index in [9.17, 15) is 14.7 Å². The Balaban J connectivity index is 2.08. The summed E-state index contributed by atoms with van der Waals surface area (Å²) in [6.07, 6.45) is 5.90. The highest BCUT2D eigenvalue weighted by Crippen LogP contribution is 2.40. The first kappa shape index (κ1) is 14.3. The molecule has 0 bridgehead atoms. The molecule has 0 radical (unpaired) electrons. The Labute approximate surface area is 114 Å². The number of amides is 1. The van der Waals surface area contributed by atoms with Gasteiger partial charge in [0.2, 0.25) is 5.91 Å². The highest BCUT2D eigenvalue weighted by Gasteiger charge is 2.47. The minimum absolute atomic E-state index is 0.0167. The van der Waals surface area contributed by atoms with Gasteiger partial charge in [0.1, 0.15) is 6.04 Å². The van der Waals surface area contributed by atoms with Crippen LogP contribution in [0.5, 0.6) is 0 Å². The molecule has 1 aliphatic heterocycles. The monoisotopic (exact) mass is 268 g/mol. The highest BCUT2D eigenvalue weighted by molar-refractivity contribution is 5.84. The zero-order chi connectivity index (χ0) is 14.0. The van der Waals surface area contributed by atoms with Crippen LogP contribution in [0.25, 0.3) is 0 Å². The Hall–Kier alpha value is -1.10. The van der Waals surface area contributed by atoms with Crippen molar-refractivity contribution >= 4 is 11.9 Å². The summed E-state index contributed by atoms with van der Waals surface area (Å²) in [6.45, 7) is 1.87. The summed E-state index contributed by atoms with van der Waals surface area (Å²) in [5.74, 6) is -0.503. The van der Waals surface area contributed by atoms with Crippen molar-refractivity contribution < 1.29 is 14.7 Å². The number of hydrogen-bond donors (Lipinski definition) is 2. The molecule has 0 aromatic heterocycles. The summed E-state index contributed by atoms with van der Waals surface area (Å²) in [5, 5.41) is 9.34.